The quantitative estimate of drug-likeness (QED) is 0.0334. The van der Waals surface area contributed by atoms with Crippen LogP contribution < -0.4 is 0 Å². The molecule has 2 saturated heterocycles. The van der Waals surface area contributed by atoms with Gasteiger partial charge in [-0.2, -0.15) is 0 Å². The first-order chi connectivity index (χ1) is 22.6. The van der Waals surface area contributed by atoms with Crippen molar-refractivity contribution in [2.75, 3.05) is 13.2 Å². The Morgan fingerprint density at radius 1 is 1.06 bits per heavy atom. The highest BCUT2D eigenvalue weighted by atomic mass is 16.7. The molecule has 47 heavy (non-hydrogen) atoms. The second-order valence-corrected chi connectivity index (χ2v) is 13.9. The smallest absolute Gasteiger partial charge is 0.334 e. The second-order valence-electron chi connectivity index (χ2n) is 13.9. The van der Waals surface area contributed by atoms with Crippen LogP contribution in [0.2, 0.25) is 0 Å². The molecule has 0 aromatic rings. The number of fused-ring (bicyclic) bond motifs is 3. The molecule has 3 aliphatic rings. The van der Waals surface area contributed by atoms with Gasteiger partial charge in [0.2, 0.25) is 0 Å². The maximum atomic E-state index is 13.1. The number of aliphatic hydroxyl groups excluding tert-OH is 2. The van der Waals surface area contributed by atoms with Gasteiger partial charge in [0.1, 0.15) is 30.5 Å². The molecule has 9 heteroatoms. The van der Waals surface area contributed by atoms with E-state index in [0.717, 1.165) is 24.8 Å². The molecule has 0 unspecified atom stereocenters. The SMILES string of the molecule is C=C1C(=O)O[C@H]2[C@H]1[C@H](OC(=O)/C(C)=C/COC(=O)C[C@@H](O)CCCCCCCCCCCCCCC)C/C(C)=C\CC[C@@]1(CO)O[C@H]21. The Labute approximate surface area is 282 Å². The summed E-state index contributed by atoms with van der Waals surface area (Å²) in [6.45, 7) is 9.37. The van der Waals surface area contributed by atoms with Crippen LogP contribution in [0.3, 0.4) is 0 Å². The number of rotatable bonds is 21. The highest BCUT2D eigenvalue weighted by Crippen LogP contribution is 2.50. The first-order valence-corrected chi connectivity index (χ1v) is 18.2. The average molecular weight is 661 g/mol. The number of hydrogen-bond donors (Lipinski definition) is 2. The molecule has 0 aromatic carbocycles. The predicted molar refractivity (Wildman–Crippen MR) is 180 cm³/mol. The van der Waals surface area contributed by atoms with Gasteiger partial charge in [0.05, 0.1) is 25.0 Å². The van der Waals surface area contributed by atoms with Crippen LogP contribution in [0.15, 0.2) is 35.5 Å². The largest absolute Gasteiger partial charge is 0.461 e. The van der Waals surface area contributed by atoms with Crippen LogP contribution in [-0.2, 0) is 33.3 Å². The Balaban J connectivity index is 1.34. The summed E-state index contributed by atoms with van der Waals surface area (Å²) in [5.41, 5.74) is 0.671. The first kappa shape index (κ1) is 39.0. The number of ether oxygens (including phenoxy) is 4. The van der Waals surface area contributed by atoms with Gasteiger partial charge in [0, 0.05) is 17.6 Å². The van der Waals surface area contributed by atoms with E-state index < -0.39 is 53.8 Å². The van der Waals surface area contributed by atoms with Gasteiger partial charge in [-0.3, -0.25) is 4.79 Å². The summed E-state index contributed by atoms with van der Waals surface area (Å²) < 4.78 is 22.7. The molecule has 0 saturated carbocycles. The Kier molecular flexibility index (Phi) is 16.7. The first-order valence-electron chi connectivity index (χ1n) is 18.2. The minimum absolute atomic E-state index is 0.0823. The monoisotopic (exact) mass is 660 g/mol. The van der Waals surface area contributed by atoms with Crippen molar-refractivity contribution in [3.63, 3.8) is 0 Å². The van der Waals surface area contributed by atoms with Gasteiger partial charge in [-0.15, -0.1) is 0 Å². The normalized spacial score (nSPS) is 27.6. The van der Waals surface area contributed by atoms with E-state index >= 15 is 0 Å². The van der Waals surface area contributed by atoms with Crippen molar-refractivity contribution in [3.8, 4) is 0 Å². The lowest BCUT2D eigenvalue weighted by atomic mass is 9.81. The fourth-order valence-electron chi connectivity index (χ4n) is 6.82. The van der Waals surface area contributed by atoms with Crippen LogP contribution in [0.1, 0.15) is 136 Å². The Morgan fingerprint density at radius 3 is 2.30 bits per heavy atom. The van der Waals surface area contributed by atoms with Gasteiger partial charge in [-0.1, -0.05) is 109 Å². The zero-order valence-corrected chi connectivity index (χ0v) is 29.1. The number of esters is 3. The van der Waals surface area contributed by atoms with Crippen molar-refractivity contribution in [2.45, 2.75) is 166 Å². The summed E-state index contributed by atoms with van der Waals surface area (Å²) in [5.74, 6) is -2.29. The van der Waals surface area contributed by atoms with Gasteiger partial charge >= 0.3 is 17.9 Å². The van der Waals surface area contributed by atoms with E-state index in [1.807, 2.05) is 13.0 Å². The summed E-state index contributed by atoms with van der Waals surface area (Å²) in [6, 6.07) is 0. The molecule has 2 heterocycles. The minimum atomic E-state index is -0.782. The molecule has 2 aliphatic heterocycles. The highest BCUT2D eigenvalue weighted by molar-refractivity contribution is 5.92. The van der Waals surface area contributed by atoms with Gasteiger partial charge in [-0.05, 0) is 39.2 Å². The molecule has 0 aromatic heterocycles. The highest BCUT2D eigenvalue weighted by Gasteiger charge is 2.65. The predicted octanol–water partition coefficient (Wildman–Crippen LogP) is 6.98. The zero-order chi connectivity index (χ0) is 34.2. The van der Waals surface area contributed by atoms with Crippen molar-refractivity contribution in [2.24, 2.45) is 5.92 Å². The Morgan fingerprint density at radius 2 is 1.68 bits per heavy atom. The topological polar surface area (TPSA) is 132 Å². The van der Waals surface area contributed by atoms with E-state index in [4.69, 9.17) is 18.9 Å². The molecule has 0 amide bonds. The third kappa shape index (κ3) is 12.5. The zero-order valence-electron chi connectivity index (χ0n) is 29.1. The molecule has 0 spiro atoms. The third-order valence-corrected chi connectivity index (χ3v) is 9.89. The summed E-state index contributed by atoms with van der Waals surface area (Å²) in [7, 11) is 0. The number of epoxide rings is 1. The second kappa shape index (κ2) is 20.1. The molecule has 2 N–H and O–H groups in total. The van der Waals surface area contributed by atoms with Crippen molar-refractivity contribution < 1.29 is 43.5 Å². The van der Waals surface area contributed by atoms with Crippen LogP contribution in [0, 0.1) is 5.92 Å². The molecule has 1 aliphatic carbocycles. The molecular formula is C38H60O9. The van der Waals surface area contributed by atoms with Crippen molar-refractivity contribution in [1.82, 2.24) is 0 Å². The number of allylic oxidation sites excluding steroid dienone is 1. The summed E-state index contributed by atoms with van der Waals surface area (Å²) >= 11 is 0. The molecule has 266 valence electrons. The van der Waals surface area contributed by atoms with Crippen LogP contribution in [0.25, 0.3) is 0 Å². The number of aliphatic hydroxyl groups is 2. The third-order valence-electron chi connectivity index (χ3n) is 9.89. The molecule has 2 fully saturated rings. The van der Waals surface area contributed by atoms with E-state index in [9.17, 15) is 24.6 Å². The van der Waals surface area contributed by atoms with E-state index in [2.05, 4.69) is 13.5 Å². The van der Waals surface area contributed by atoms with Gasteiger partial charge in [0.25, 0.3) is 0 Å². The van der Waals surface area contributed by atoms with Crippen LogP contribution in [0.5, 0.6) is 0 Å². The van der Waals surface area contributed by atoms with E-state index in [0.29, 0.717) is 25.7 Å². The van der Waals surface area contributed by atoms with Crippen molar-refractivity contribution in [3.05, 3.63) is 35.5 Å². The van der Waals surface area contributed by atoms with Gasteiger partial charge in [0.15, 0.2) is 0 Å². The standard InChI is InChI=1S/C38H60O9/c1-5-6-7-8-9-10-11-12-13-14-15-16-17-20-30(40)25-32(41)44-23-21-28(3)36(42)45-31-24-27(2)19-18-22-38(26-39)35(47-38)34-33(31)29(4)37(43)46-34/h19,21,30-31,33-35,39-40H,4-18,20,22-26H2,1-3H3/b27-19-,28-21+/t30-,31+,33+,34-,35+,38-/m0/s1. The maximum Gasteiger partial charge on any atom is 0.334 e. The Hall–Kier alpha value is -2.49. The van der Waals surface area contributed by atoms with Crippen LogP contribution >= 0.6 is 0 Å². The molecule has 3 rings (SSSR count). The Bertz CT molecular complexity index is 1090. The molecule has 9 nitrogen and oxygen atoms in total. The summed E-state index contributed by atoms with van der Waals surface area (Å²) in [6.07, 6.45) is 19.3. The number of hydrogen-bond acceptors (Lipinski definition) is 9. The number of unbranched alkanes of at least 4 members (excludes halogenated alkanes) is 12. The van der Waals surface area contributed by atoms with E-state index in [-0.39, 0.29) is 30.8 Å². The number of carbonyl (C=O) groups is 3. The molecule has 0 bridgehead atoms. The van der Waals surface area contributed by atoms with Gasteiger partial charge in [-0.25, -0.2) is 9.59 Å². The average Bonchev–Trinajstić information content (AvgIpc) is 3.68. The van der Waals surface area contributed by atoms with Crippen LogP contribution in [0.4, 0.5) is 0 Å². The minimum Gasteiger partial charge on any atom is -0.461 e. The summed E-state index contributed by atoms with van der Waals surface area (Å²) in [5, 5.41) is 20.3. The fourth-order valence-corrected chi connectivity index (χ4v) is 6.82. The fraction of sp³-hybridized carbons (Fsp3) is 0.763. The lowest BCUT2D eigenvalue weighted by molar-refractivity contribution is -0.149. The number of carbonyl (C=O) groups excluding carboxylic acids is 3. The molecular weight excluding hydrogens is 600 g/mol. The van der Waals surface area contributed by atoms with Gasteiger partial charge < -0.3 is 29.2 Å². The maximum absolute atomic E-state index is 13.1. The van der Waals surface area contributed by atoms with E-state index in [1.54, 1.807) is 6.92 Å². The lowest BCUT2D eigenvalue weighted by Crippen LogP contribution is -2.39. The molecule has 0 radical (unpaired) electrons. The van der Waals surface area contributed by atoms with Crippen molar-refractivity contribution >= 4 is 17.9 Å². The van der Waals surface area contributed by atoms with Crippen LogP contribution in [-0.4, -0.2) is 71.4 Å². The molecule has 6 atom stereocenters. The summed E-state index contributed by atoms with van der Waals surface area (Å²) in [4.78, 5) is 37.9. The lowest BCUT2D eigenvalue weighted by Gasteiger charge is -2.28. The van der Waals surface area contributed by atoms with E-state index in [1.165, 1.54) is 70.3 Å². The van der Waals surface area contributed by atoms with Crippen molar-refractivity contribution in [1.29, 1.82) is 0 Å².